The van der Waals surface area contributed by atoms with Gasteiger partial charge in [-0.25, -0.2) is 0 Å². The van der Waals surface area contributed by atoms with E-state index in [1.807, 2.05) is 29.8 Å². The van der Waals surface area contributed by atoms with Crippen LogP contribution < -0.4 is 0 Å². The summed E-state index contributed by atoms with van der Waals surface area (Å²) < 4.78 is 8.38. The van der Waals surface area contributed by atoms with E-state index in [-0.39, 0.29) is 11.9 Å². The summed E-state index contributed by atoms with van der Waals surface area (Å²) in [5.41, 5.74) is 3.66. The molecule has 0 bridgehead atoms. The molecular formula is C27H27N3O2S. The van der Waals surface area contributed by atoms with Crippen LogP contribution in [0.25, 0.3) is 27.6 Å². The van der Waals surface area contributed by atoms with Crippen molar-refractivity contribution in [2.45, 2.75) is 38.6 Å². The highest BCUT2D eigenvalue weighted by Crippen LogP contribution is 2.35. The monoisotopic (exact) mass is 457 g/mol. The van der Waals surface area contributed by atoms with Crippen molar-refractivity contribution in [3.63, 3.8) is 0 Å². The van der Waals surface area contributed by atoms with Gasteiger partial charge in [-0.15, -0.1) is 11.3 Å². The summed E-state index contributed by atoms with van der Waals surface area (Å²) in [6.45, 7) is 3.89. The Balaban J connectivity index is 1.17. The van der Waals surface area contributed by atoms with E-state index in [4.69, 9.17) is 4.42 Å². The number of rotatable bonds is 5. The van der Waals surface area contributed by atoms with E-state index in [1.165, 1.54) is 16.5 Å². The van der Waals surface area contributed by atoms with Gasteiger partial charge in [0.25, 0.3) is 0 Å². The first-order chi connectivity index (χ1) is 16.2. The van der Waals surface area contributed by atoms with Crippen LogP contribution in [-0.4, -0.2) is 33.4 Å². The van der Waals surface area contributed by atoms with Crippen molar-refractivity contribution in [3.8, 4) is 10.6 Å². The lowest BCUT2D eigenvalue weighted by molar-refractivity contribution is -0.133. The summed E-state index contributed by atoms with van der Waals surface area (Å²) in [6, 6.07) is 10.5. The predicted octanol–water partition coefficient (Wildman–Crippen LogP) is 5.97. The van der Waals surface area contributed by atoms with E-state index in [1.54, 1.807) is 11.3 Å². The minimum atomic E-state index is 0.212. The van der Waals surface area contributed by atoms with E-state index >= 15 is 0 Å². The molecule has 33 heavy (non-hydrogen) atoms. The van der Waals surface area contributed by atoms with Crippen LogP contribution in [-0.2, 0) is 17.6 Å². The average molecular weight is 458 g/mol. The Morgan fingerprint density at radius 2 is 2.21 bits per heavy atom. The quantitative estimate of drug-likeness (QED) is 0.371. The van der Waals surface area contributed by atoms with E-state index in [2.05, 4.69) is 51.9 Å². The van der Waals surface area contributed by atoms with Crippen LogP contribution in [0.5, 0.6) is 0 Å². The molecule has 0 N–H and O–H groups in total. The third kappa shape index (κ3) is 3.72. The lowest BCUT2D eigenvalue weighted by Crippen LogP contribution is -2.44. The number of likely N-dealkylation sites (tertiary alicyclic amines) is 1. The summed E-state index contributed by atoms with van der Waals surface area (Å²) in [6.07, 6.45) is 11.6. The van der Waals surface area contributed by atoms with Crippen molar-refractivity contribution in [1.82, 2.24) is 14.5 Å². The molecule has 0 saturated carbocycles. The molecule has 4 aromatic rings. The van der Waals surface area contributed by atoms with Crippen LogP contribution in [0.2, 0.25) is 0 Å². The fraction of sp³-hybridized carbons (Fsp3) is 0.333. The first-order valence-corrected chi connectivity index (χ1v) is 12.6. The molecule has 2 aliphatic rings. The van der Waals surface area contributed by atoms with Gasteiger partial charge < -0.3 is 13.9 Å². The molecule has 1 aliphatic carbocycles. The van der Waals surface area contributed by atoms with Crippen LogP contribution in [0.1, 0.15) is 42.8 Å². The third-order valence-electron chi connectivity index (χ3n) is 7.11. The lowest BCUT2D eigenvalue weighted by atomic mass is 9.92. The number of carbonyl (C=O) groups is 1. The molecule has 6 heteroatoms. The normalized spacial score (nSPS) is 20.0. The predicted molar refractivity (Wildman–Crippen MR) is 132 cm³/mol. The molecule has 1 amide bonds. The number of thiophene rings is 1. The molecule has 5 heterocycles. The van der Waals surface area contributed by atoms with Crippen molar-refractivity contribution in [3.05, 3.63) is 71.2 Å². The van der Waals surface area contributed by atoms with Gasteiger partial charge in [0, 0.05) is 55.7 Å². The first-order valence-electron chi connectivity index (χ1n) is 11.7. The Morgan fingerprint density at radius 3 is 3.09 bits per heavy atom. The minimum absolute atomic E-state index is 0.212. The maximum absolute atomic E-state index is 13.1. The number of aryl methyl sites for hydroxylation is 1. The Labute approximate surface area is 197 Å². The average Bonchev–Trinajstić information content (AvgIpc) is 3.62. The number of fused-ring (bicyclic) bond motifs is 3. The Hall–Kier alpha value is -3.12. The van der Waals surface area contributed by atoms with Crippen LogP contribution in [0, 0.1) is 5.92 Å². The van der Waals surface area contributed by atoms with Crippen molar-refractivity contribution in [1.29, 1.82) is 0 Å². The number of furan rings is 1. The van der Waals surface area contributed by atoms with Gasteiger partial charge in [-0.3, -0.25) is 9.78 Å². The molecule has 5 nitrogen and oxygen atoms in total. The number of pyridine rings is 1. The summed E-state index contributed by atoms with van der Waals surface area (Å²) in [4.78, 5) is 20.9. The Bertz CT molecular complexity index is 1330. The van der Waals surface area contributed by atoms with Crippen LogP contribution >= 0.6 is 11.3 Å². The molecule has 2 atom stereocenters. The minimum Gasteiger partial charge on any atom is -0.460 e. The lowest BCUT2D eigenvalue weighted by Gasteiger charge is -2.38. The zero-order valence-corrected chi connectivity index (χ0v) is 19.6. The molecular weight excluding hydrogens is 430 g/mol. The van der Waals surface area contributed by atoms with Gasteiger partial charge in [-0.1, -0.05) is 25.1 Å². The maximum Gasteiger partial charge on any atom is 0.223 e. The molecule has 168 valence electrons. The van der Waals surface area contributed by atoms with Gasteiger partial charge in [0.1, 0.15) is 11.5 Å². The van der Waals surface area contributed by atoms with Crippen molar-refractivity contribution < 1.29 is 9.21 Å². The first kappa shape index (κ1) is 20.5. The number of nitrogens with zero attached hydrogens (tertiary/aromatic N) is 3. The molecule has 0 aromatic carbocycles. The fourth-order valence-electron chi connectivity index (χ4n) is 5.21. The number of piperidine rings is 1. The number of aromatic nitrogens is 2. The second-order valence-electron chi connectivity index (χ2n) is 9.17. The number of hydrogen-bond donors (Lipinski definition) is 0. The molecule has 0 radical (unpaired) electrons. The Kier molecular flexibility index (Phi) is 5.18. The summed E-state index contributed by atoms with van der Waals surface area (Å²) in [7, 11) is 0. The van der Waals surface area contributed by atoms with Gasteiger partial charge in [0.2, 0.25) is 5.91 Å². The van der Waals surface area contributed by atoms with E-state index < -0.39 is 0 Å². The molecule has 0 spiro atoms. The highest BCUT2D eigenvalue weighted by atomic mass is 32.1. The van der Waals surface area contributed by atoms with Gasteiger partial charge in [0.15, 0.2) is 0 Å². The highest BCUT2D eigenvalue weighted by Gasteiger charge is 2.31. The van der Waals surface area contributed by atoms with Crippen LogP contribution in [0.3, 0.4) is 0 Å². The maximum atomic E-state index is 13.1. The summed E-state index contributed by atoms with van der Waals surface area (Å²) >= 11 is 1.66. The van der Waals surface area contributed by atoms with E-state index in [0.717, 1.165) is 48.0 Å². The molecule has 0 unspecified atom stereocenters. The standard InChI is InChI=1S/C27H27N3O2S/c1-18-11-13-29(26(31)10-8-20-7-9-24(32-20)25-6-3-15-33-25)17-23(18)30-14-12-19-16-28-22-5-2-4-21(22)27(19)30/h2-4,6-7,9,12,14-16,18,23H,5,8,10-11,13,17H2,1H3/t18-,23+/m1/s1. The summed E-state index contributed by atoms with van der Waals surface area (Å²) in [5, 5.41) is 3.22. The number of carbonyl (C=O) groups excluding carboxylic acids is 1. The zero-order valence-electron chi connectivity index (χ0n) is 18.7. The second kappa shape index (κ2) is 8.34. The third-order valence-corrected chi connectivity index (χ3v) is 7.99. The smallest absolute Gasteiger partial charge is 0.223 e. The molecule has 1 aliphatic heterocycles. The largest absolute Gasteiger partial charge is 0.460 e. The summed E-state index contributed by atoms with van der Waals surface area (Å²) in [5.74, 6) is 2.48. The molecule has 1 fully saturated rings. The van der Waals surface area contributed by atoms with Crippen LogP contribution in [0.4, 0.5) is 0 Å². The molecule has 1 saturated heterocycles. The van der Waals surface area contributed by atoms with Crippen molar-refractivity contribution in [2.24, 2.45) is 5.92 Å². The zero-order chi connectivity index (χ0) is 22.4. The number of allylic oxidation sites excluding steroid dienone is 1. The van der Waals surface area contributed by atoms with E-state index in [0.29, 0.717) is 18.8 Å². The van der Waals surface area contributed by atoms with Gasteiger partial charge in [0.05, 0.1) is 22.1 Å². The van der Waals surface area contributed by atoms with Gasteiger partial charge >= 0.3 is 0 Å². The van der Waals surface area contributed by atoms with Crippen molar-refractivity contribution in [2.75, 3.05) is 13.1 Å². The fourth-order valence-corrected chi connectivity index (χ4v) is 5.89. The van der Waals surface area contributed by atoms with Gasteiger partial charge in [-0.2, -0.15) is 0 Å². The topological polar surface area (TPSA) is 51.3 Å². The Morgan fingerprint density at radius 1 is 1.27 bits per heavy atom. The van der Waals surface area contributed by atoms with Crippen LogP contribution in [0.15, 0.2) is 58.6 Å². The highest BCUT2D eigenvalue weighted by molar-refractivity contribution is 7.13. The molecule has 6 rings (SSSR count). The van der Waals surface area contributed by atoms with Gasteiger partial charge in [-0.05, 0) is 42.0 Å². The van der Waals surface area contributed by atoms with E-state index in [9.17, 15) is 4.79 Å². The molecule has 4 aromatic heterocycles. The number of hydrogen-bond acceptors (Lipinski definition) is 4. The number of amides is 1. The second-order valence-corrected chi connectivity index (χ2v) is 10.1. The van der Waals surface area contributed by atoms with Crippen molar-refractivity contribution >= 4 is 34.2 Å². The SMILES string of the molecule is C[C@@H]1CCN(C(=O)CCc2ccc(-c3cccs3)o2)C[C@@H]1n1ccc2cnc3c(c21)C=CC3.